The average molecular weight is 384 g/mol. The number of carbonyl (C=O) groups excluding carboxylic acids is 2. The SMILES string of the molecule is CC(=O)CF.CS(=O)(=O)NC(=O)CC[n+]1ccc(-c2ncccn2)cn1. The fourth-order valence-corrected chi connectivity index (χ4v) is 2.09. The van der Waals surface area contributed by atoms with Gasteiger partial charge in [-0.2, -0.15) is 0 Å². The first kappa shape index (κ1) is 21.2. The Hall–Kier alpha value is -2.82. The number of aryl methyl sites for hydroxylation is 1. The van der Waals surface area contributed by atoms with Gasteiger partial charge in [0.1, 0.15) is 12.9 Å². The molecule has 0 saturated carbocycles. The van der Waals surface area contributed by atoms with E-state index in [9.17, 15) is 22.4 Å². The van der Waals surface area contributed by atoms with Crippen molar-refractivity contribution in [2.24, 2.45) is 0 Å². The Labute approximate surface area is 150 Å². The molecule has 0 aliphatic carbocycles. The van der Waals surface area contributed by atoms with Gasteiger partial charge in [0, 0.05) is 24.0 Å². The molecule has 0 spiro atoms. The van der Waals surface area contributed by atoms with Crippen molar-refractivity contribution in [3.8, 4) is 11.4 Å². The zero-order valence-corrected chi connectivity index (χ0v) is 15.1. The first-order chi connectivity index (χ1) is 12.2. The Morgan fingerprint density at radius 3 is 2.35 bits per heavy atom. The summed E-state index contributed by atoms with van der Waals surface area (Å²) in [6.07, 6.45) is 7.50. The van der Waals surface area contributed by atoms with Crippen LogP contribution in [0.1, 0.15) is 13.3 Å². The number of nitrogens with zero attached hydrogens (tertiary/aromatic N) is 4. The van der Waals surface area contributed by atoms with Crippen LogP contribution in [0.3, 0.4) is 0 Å². The van der Waals surface area contributed by atoms with Crippen LogP contribution in [-0.2, 0) is 26.2 Å². The van der Waals surface area contributed by atoms with Crippen molar-refractivity contribution in [1.82, 2.24) is 19.8 Å². The fraction of sp³-hybridized carbons (Fsp3) is 0.333. The molecule has 0 atom stereocenters. The number of sulfonamides is 1. The largest absolute Gasteiger partial charge is 0.297 e. The smallest absolute Gasteiger partial charge is 0.239 e. The molecule has 0 fully saturated rings. The summed E-state index contributed by atoms with van der Waals surface area (Å²) >= 11 is 0. The third-order valence-electron chi connectivity index (χ3n) is 2.65. The highest BCUT2D eigenvalue weighted by Crippen LogP contribution is 2.09. The molecule has 2 heterocycles. The average Bonchev–Trinajstić information content (AvgIpc) is 2.60. The van der Waals surface area contributed by atoms with Gasteiger partial charge in [-0.25, -0.2) is 22.8 Å². The summed E-state index contributed by atoms with van der Waals surface area (Å²) in [5.41, 5.74) is 0.757. The zero-order valence-electron chi connectivity index (χ0n) is 14.3. The minimum Gasteiger partial charge on any atom is -0.297 e. The molecule has 2 aromatic rings. The molecular weight excluding hydrogens is 365 g/mol. The number of Topliss-reactive ketones (excluding diaryl/α,β-unsaturated/α-hetero) is 1. The summed E-state index contributed by atoms with van der Waals surface area (Å²) in [5.74, 6) is -0.417. The van der Waals surface area contributed by atoms with Gasteiger partial charge in [0.15, 0.2) is 24.3 Å². The minimum atomic E-state index is -3.52. The lowest BCUT2D eigenvalue weighted by Crippen LogP contribution is -2.40. The topological polar surface area (TPSA) is 123 Å². The second-order valence-electron chi connectivity index (χ2n) is 5.13. The molecule has 2 aromatic heterocycles. The maximum absolute atomic E-state index is 11.4. The van der Waals surface area contributed by atoms with Gasteiger partial charge < -0.3 is 0 Å². The van der Waals surface area contributed by atoms with Crippen LogP contribution in [-0.4, -0.2) is 48.1 Å². The molecule has 1 N–H and O–H groups in total. The minimum absolute atomic E-state index is 0.0198. The van der Waals surface area contributed by atoms with Crippen LogP contribution in [0.2, 0.25) is 0 Å². The Morgan fingerprint density at radius 2 is 1.88 bits per heavy atom. The lowest BCUT2D eigenvalue weighted by molar-refractivity contribution is -0.752. The summed E-state index contributed by atoms with van der Waals surface area (Å²) < 4.78 is 36.0. The first-order valence-electron chi connectivity index (χ1n) is 7.40. The van der Waals surface area contributed by atoms with E-state index in [0.717, 1.165) is 11.8 Å². The van der Waals surface area contributed by atoms with Gasteiger partial charge in [-0.15, -0.1) is 0 Å². The molecule has 9 nitrogen and oxygen atoms in total. The second kappa shape index (κ2) is 10.2. The second-order valence-corrected chi connectivity index (χ2v) is 6.88. The Balaban J connectivity index is 0.000000597. The number of amides is 1. The monoisotopic (exact) mass is 384 g/mol. The molecule has 0 saturated heterocycles. The maximum atomic E-state index is 11.4. The first-order valence-corrected chi connectivity index (χ1v) is 9.29. The summed E-state index contributed by atoms with van der Waals surface area (Å²) in [6, 6.07) is 3.50. The summed E-state index contributed by atoms with van der Waals surface area (Å²) in [7, 11) is -3.52. The molecule has 1 amide bonds. The number of carbonyl (C=O) groups is 2. The number of hydrogen-bond donors (Lipinski definition) is 1. The van der Waals surface area contributed by atoms with E-state index >= 15 is 0 Å². The van der Waals surface area contributed by atoms with Crippen molar-refractivity contribution in [3.63, 3.8) is 0 Å². The van der Waals surface area contributed by atoms with Crippen LogP contribution >= 0.6 is 0 Å². The third kappa shape index (κ3) is 8.87. The molecule has 0 radical (unpaired) electrons. The van der Waals surface area contributed by atoms with E-state index in [-0.39, 0.29) is 13.0 Å². The molecule has 0 aliphatic rings. The van der Waals surface area contributed by atoms with Gasteiger partial charge in [0.2, 0.25) is 15.9 Å². The van der Waals surface area contributed by atoms with Crippen LogP contribution in [0.4, 0.5) is 4.39 Å². The zero-order chi connectivity index (χ0) is 19.6. The summed E-state index contributed by atoms with van der Waals surface area (Å²) in [5, 5.41) is 4.13. The van der Waals surface area contributed by atoms with Crippen molar-refractivity contribution in [2.45, 2.75) is 19.9 Å². The van der Waals surface area contributed by atoms with Crippen molar-refractivity contribution in [2.75, 3.05) is 12.9 Å². The van der Waals surface area contributed by atoms with Crippen molar-refractivity contribution >= 4 is 21.7 Å². The standard InChI is InChI=1S/C12H13N5O3S.C3H5FO/c1-21(19,20)16-11(18)4-8-17-7-3-10(9-15-17)12-13-5-2-6-14-12;1-3(5)2-4/h2-3,5-7,9H,4,8H2,1H3;2H2,1H3/p+1. The number of nitrogens with one attached hydrogen (secondary N) is 1. The van der Waals surface area contributed by atoms with Crippen LogP contribution in [0.5, 0.6) is 0 Å². The van der Waals surface area contributed by atoms with Gasteiger partial charge in [-0.1, -0.05) is 4.68 Å². The molecule has 0 aliphatic heterocycles. The van der Waals surface area contributed by atoms with Gasteiger partial charge in [-0.05, 0) is 18.1 Å². The van der Waals surface area contributed by atoms with Gasteiger partial charge in [-0.3, -0.25) is 14.3 Å². The molecule has 11 heteroatoms. The predicted octanol–water partition coefficient (Wildman–Crippen LogP) is -0.163. The predicted molar refractivity (Wildman–Crippen MR) is 89.7 cm³/mol. The number of halogens is 1. The van der Waals surface area contributed by atoms with Crippen LogP contribution in [0.15, 0.2) is 36.9 Å². The Bertz CT molecular complexity index is 829. The van der Waals surface area contributed by atoms with E-state index in [4.69, 9.17) is 0 Å². The van der Waals surface area contributed by atoms with Gasteiger partial charge in [0.25, 0.3) is 0 Å². The summed E-state index contributed by atoms with van der Waals surface area (Å²) in [4.78, 5) is 29.0. The molecule has 2 rings (SSSR count). The lowest BCUT2D eigenvalue weighted by atomic mass is 10.3. The van der Waals surface area contributed by atoms with E-state index in [1.165, 1.54) is 11.6 Å². The van der Waals surface area contributed by atoms with E-state index in [1.807, 2.05) is 4.72 Å². The number of aromatic nitrogens is 4. The van der Waals surface area contributed by atoms with E-state index in [2.05, 4.69) is 15.1 Å². The van der Waals surface area contributed by atoms with Crippen molar-refractivity contribution < 1.29 is 27.1 Å². The maximum Gasteiger partial charge on any atom is 0.239 e. The highest BCUT2D eigenvalue weighted by molar-refractivity contribution is 7.89. The van der Waals surface area contributed by atoms with Crippen molar-refractivity contribution in [1.29, 1.82) is 0 Å². The number of hydrogen-bond acceptors (Lipinski definition) is 7. The van der Waals surface area contributed by atoms with Crippen LogP contribution < -0.4 is 9.40 Å². The Kier molecular flexibility index (Phi) is 8.35. The quantitative estimate of drug-likeness (QED) is 0.686. The molecule has 0 bridgehead atoms. The number of ketones is 1. The molecule has 140 valence electrons. The molecule has 26 heavy (non-hydrogen) atoms. The molecule has 0 aromatic carbocycles. The Morgan fingerprint density at radius 1 is 1.27 bits per heavy atom. The number of rotatable bonds is 6. The van der Waals surface area contributed by atoms with Crippen molar-refractivity contribution in [3.05, 3.63) is 36.9 Å². The van der Waals surface area contributed by atoms with E-state index in [0.29, 0.717) is 5.82 Å². The molecule has 0 unspecified atom stereocenters. The molecular formula is C15H19FN5O4S+. The fourth-order valence-electron chi connectivity index (χ4n) is 1.57. The number of alkyl halides is 1. The van der Waals surface area contributed by atoms with Gasteiger partial charge >= 0.3 is 0 Å². The van der Waals surface area contributed by atoms with Gasteiger partial charge in [0.05, 0.1) is 12.7 Å². The third-order valence-corrected chi connectivity index (χ3v) is 3.25. The van der Waals surface area contributed by atoms with E-state index < -0.39 is 28.4 Å². The van der Waals surface area contributed by atoms with E-state index in [1.54, 1.807) is 36.9 Å². The normalized spacial score (nSPS) is 10.4. The van der Waals surface area contributed by atoms with Crippen LogP contribution in [0.25, 0.3) is 11.4 Å². The highest BCUT2D eigenvalue weighted by Gasteiger charge is 2.12. The lowest BCUT2D eigenvalue weighted by Gasteiger charge is -2.00. The summed E-state index contributed by atoms with van der Waals surface area (Å²) in [6.45, 7) is 0.650. The van der Waals surface area contributed by atoms with Crippen LogP contribution in [0, 0.1) is 0 Å². The highest BCUT2D eigenvalue weighted by atomic mass is 32.2.